The fourth-order valence-electron chi connectivity index (χ4n) is 2.15. The Morgan fingerprint density at radius 1 is 1.25 bits per heavy atom. The number of benzene rings is 1. The average Bonchev–Trinajstić information content (AvgIpc) is 3.15. The van der Waals surface area contributed by atoms with E-state index < -0.39 is 0 Å². The topological polar surface area (TPSA) is 77.2 Å². The molecule has 0 aliphatic heterocycles. The standard InChI is InChI=1S/C18H15N3O3/c1-23-16-9-14(5-6-15(16)17-11-20-12-24-17)21-18(22)7-4-13-3-2-8-19-10-13/h2-12H,1H3,(H,21,22)/b7-4+. The minimum absolute atomic E-state index is 0.242. The van der Waals surface area contributed by atoms with Gasteiger partial charge in [0.25, 0.3) is 0 Å². The lowest BCUT2D eigenvalue weighted by Crippen LogP contribution is -2.07. The zero-order valence-electron chi connectivity index (χ0n) is 13.0. The highest BCUT2D eigenvalue weighted by Crippen LogP contribution is 2.32. The zero-order chi connectivity index (χ0) is 16.8. The quantitative estimate of drug-likeness (QED) is 0.729. The van der Waals surface area contributed by atoms with E-state index in [0.29, 0.717) is 17.2 Å². The molecule has 0 saturated heterocycles. The molecule has 6 nitrogen and oxygen atoms in total. The molecule has 6 heteroatoms. The third-order valence-corrected chi connectivity index (χ3v) is 3.28. The Morgan fingerprint density at radius 3 is 2.88 bits per heavy atom. The van der Waals surface area contributed by atoms with Gasteiger partial charge in [0.15, 0.2) is 12.2 Å². The maximum Gasteiger partial charge on any atom is 0.248 e. The number of ether oxygens (including phenoxy) is 1. The summed E-state index contributed by atoms with van der Waals surface area (Å²) in [5, 5.41) is 2.79. The van der Waals surface area contributed by atoms with Gasteiger partial charge < -0.3 is 14.5 Å². The van der Waals surface area contributed by atoms with Gasteiger partial charge in [0.2, 0.25) is 5.91 Å². The number of hydrogen-bond donors (Lipinski definition) is 1. The zero-order valence-corrected chi connectivity index (χ0v) is 13.0. The maximum atomic E-state index is 12.0. The third kappa shape index (κ3) is 3.67. The molecule has 1 aromatic carbocycles. The molecule has 1 N–H and O–H groups in total. The SMILES string of the molecule is COc1cc(NC(=O)/C=C/c2cccnc2)ccc1-c1cnco1. The smallest absolute Gasteiger partial charge is 0.248 e. The normalized spacial score (nSPS) is 10.7. The molecule has 0 aliphatic carbocycles. The highest BCUT2D eigenvalue weighted by Gasteiger charge is 2.10. The van der Waals surface area contributed by atoms with Crippen LogP contribution in [0.1, 0.15) is 5.56 Å². The predicted octanol–water partition coefficient (Wildman–Crippen LogP) is 3.40. The van der Waals surface area contributed by atoms with Crippen LogP contribution in [0.2, 0.25) is 0 Å². The molecule has 3 aromatic rings. The Hall–Kier alpha value is -3.41. The van der Waals surface area contributed by atoms with Crippen molar-refractivity contribution in [2.75, 3.05) is 12.4 Å². The first kappa shape index (κ1) is 15.5. The van der Waals surface area contributed by atoms with E-state index in [9.17, 15) is 4.79 Å². The highest BCUT2D eigenvalue weighted by atomic mass is 16.5. The van der Waals surface area contributed by atoms with Gasteiger partial charge in [-0.2, -0.15) is 0 Å². The number of pyridine rings is 1. The van der Waals surface area contributed by atoms with E-state index in [2.05, 4.69) is 15.3 Å². The Morgan fingerprint density at radius 2 is 2.17 bits per heavy atom. The third-order valence-electron chi connectivity index (χ3n) is 3.28. The molecular formula is C18H15N3O3. The van der Waals surface area contributed by atoms with Crippen molar-refractivity contribution in [1.29, 1.82) is 0 Å². The van der Waals surface area contributed by atoms with Gasteiger partial charge in [0.05, 0.1) is 18.9 Å². The number of nitrogens with one attached hydrogen (secondary N) is 1. The van der Waals surface area contributed by atoms with Crippen molar-refractivity contribution in [2.24, 2.45) is 0 Å². The summed E-state index contributed by atoms with van der Waals surface area (Å²) in [4.78, 5) is 19.9. The number of amides is 1. The van der Waals surface area contributed by atoms with Crippen molar-refractivity contribution in [3.8, 4) is 17.1 Å². The van der Waals surface area contributed by atoms with E-state index in [1.165, 1.54) is 12.5 Å². The van der Waals surface area contributed by atoms with Crippen LogP contribution in [0.25, 0.3) is 17.4 Å². The molecule has 0 radical (unpaired) electrons. The first-order chi connectivity index (χ1) is 11.8. The van der Waals surface area contributed by atoms with Gasteiger partial charge in [-0.15, -0.1) is 0 Å². The van der Waals surface area contributed by atoms with Crippen LogP contribution >= 0.6 is 0 Å². The molecule has 0 unspecified atom stereocenters. The molecule has 0 spiro atoms. The minimum Gasteiger partial charge on any atom is -0.496 e. The van der Waals surface area contributed by atoms with Gasteiger partial charge in [0.1, 0.15) is 5.75 Å². The fraction of sp³-hybridized carbons (Fsp3) is 0.0556. The number of nitrogens with zero attached hydrogens (tertiary/aromatic N) is 2. The van der Waals surface area contributed by atoms with Crippen molar-refractivity contribution in [2.45, 2.75) is 0 Å². The number of carbonyl (C=O) groups is 1. The highest BCUT2D eigenvalue weighted by molar-refractivity contribution is 6.02. The summed E-state index contributed by atoms with van der Waals surface area (Å²) >= 11 is 0. The van der Waals surface area contributed by atoms with Crippen LogP contribution in [0, 0.1) is 0 Å². The summed E-state index contributed by atoms with van der Waals surface area (Å²) in [6.07, 6.45) is 9.47. The van der Waals surface area contributed by atoms with E-state index >= 15 is 0 Å². The number of carbonyl (C=O) groups excluding carboxylic acids is 1. The minimum atomic E-state index is -0.242. The van der Waals surface area contributed by atoms with Gasteiger partial charge in [0, 0.05) is 30.2 Å². The van der Waals surface area contributed by atoms with Gasteiger partial charge >= 0.3 is 0 Å². The molecule has 2 aromatic heterocycles. The van der Waals surface area contributed by atoms with Crippen LogP contribution in [0.15, 0.2) is 65.8 Å². The number of methoxy groups -OCH3 is 1. The van der Waals surface area contributed by atoms with Crippen molar-refractivity contribution in [3.63, 3.8) is 0 Å². The summed E-state index contributed by atoms with van der Waals surface area (Å²) in [6, 6.07) is 8.99. The molecule has 0 atom stereocenters. The second-order valence-electron chi connectivity index (χ2n) is 4.89. The number of rotatable bonds is 5. The van der Waals surface area contributed by atoms with Crippen molar-refractivity contribution in [1.82, 2.24) is 9.97 Å². The number of anilines is 1. The van der Waals surface area contributed by atoms with Crippen LogP contribution in [0.5, 0.6) is 5.75 Å². The van der Waals surface area contributed by atoms with Gasteiger partial charge in [-0.25, -0.2) is 4.98 Å². The molecule has 0 aliphatic rings. The fourth-order valence-corrected chi connectivity index (χ4v) is 2.15. The lowest BCUT2D eigenvalue weighted by molar-refractivity contribution is -0.111. The molecule has 120 valence electrons. The Balaban J connectivity index is 1.73. The van der Waals surface area contributed by atoms with Crippen LogP contribution in [-0.2, 0) is 4.79 Å². The van der Waals surface area contributed by atoms with Gasteiger partial charge in [-0.05, 0) is 29.8 Å². The second-order valence-corrected chi connectivity index (χ2v) is 4.89. The molecule has 1 amide bonds. The van der Waals surface area contributed by atoms with E-state index in [1.54, 1.807) is 50.0 Å². The monoisotopic (exact) mass is 321 g/mol. The predicted molar refractivity (Wildman–Crippen MR) is 90.4 cm³/mol. The summed E-state index contributed by atoms with van der Waals surface area (Å²) in [7, 11) is 1.56. The van der Waals surface area contributed by atoms with Gasteiger partial charge in [-0.1, -0.05) is 6.07 Å². The molecule has 0 saturated carbocycles. The summed E-state index contributed by atoms with van der Waals surface area (Å²) in [5.74, 6) is 0.940. The lowest BCUT2D eigenvalue weighted by atomic mass is 10.1. The van der Waals surface area contributed by atoms with E-state index in [0.717, 1.165) is 11.1 Å². The van der Waals surface area contributed by atoms with Crippen LogP contribution in [0.3, 0.4) is 0 Å². The van der Waals surface area contributed by atoms with Crippen LogP contribution in [0.4, 0.5) is 5.69 Å². The lowest BCUT2D eigenvalue weighted by Gasteiger charge is -2.09. The van der Waals surface area contributed by atoms with Gasteiger partial charge in [-0.3, -0.25) is 9.78 Å². The van der Waals surface area contributed by atoms with Crippen LogP contribution < -0.4 is 10.1 Å². The first-order valence-corrected chi connectivity index (χ1v) is 7.22. The Kier molecular flexibility index (Phi) is 4.67. The van der Waals surface area contributed by atoms with Crippen molar-refractivity contribution in [3.05, 3.63) is 67.0 Å². The van der Waals surface area contributed by atoms with E-state index in [4.69, 9.17) is 9.15 Å². The molecule has 3 rings (SSSR count). The van der Waals surface area contributed by atoms with Crippen molar-refractivity contribution >= 4 is 17.7 Å². The number of aromatic nitrogens is 2. The molecule has 0 fully saturated rings. The molecule has 2 heterocycles. The Labute approximate surface area is 138 Å². The summed E-state index contributed by atoms with van der Waals surface area (Å²) in [5.41, 5.74) is 2.24. The second kappa shape index (κ2) is 7.23. The Bertz CT molecular complexity index is 843. The van der Waals surface area contributed by atoms with Crippen molar-refractivity contribution < 1.29 is 13.9 Å². The maximum absolute atomic E-state index is 12.0. The summed E-state index contributed by atoms with van der Waals surface area (Å²) < 4.78 is 10.6. The average molecular weight is 321 g/mol. The molecular weight excluding hydrogens is 306 g/mol. The summed E-state index contributed by atoms with van der Waals surface area (Å²) in [6.45, 7) is 0. The number of oxazole rings is 1. The number of hydrogen-bond acceptors (Lipinski definition) is 5. The van der Waals surface area contributed by atoms with Crippen LogP contribution in [-0.4, -0.2) is 23.0 Å². The molecule has 24 heavy (non-hydrogen) atoms. The molecule has 0 bridgehead atoms. The largest absolute Gasteiger partial charge is 0.496 e. The van der Waals surface area contributed by atoms with E-state index in [-0.39, 0.29) is 5.91 Å². The first-order valence-electron chi connectivity index (χ1n) is 7.22. The van der Waals surface area contributed by atoms with E-state index in [1.807, 2.05) is 12.1 Å².